The first-order valence-corrected chi connectivity index (χ1v) is 10.4. The summed E-state index contributed by atoms with van der Waals surface area (Å²) in [4.78, 5) is 0. The van der Waals surface area contributed by atoms with E-state index in [0.717, 1.165) is 38.0 Å². The van der Waals surface area contributed by atoms with E-state index in [1.807, 2.05) is 36.4 Å². The van der Waals surface area contributed by atoms with Crippen molar-refractivity contribution in [2.45, 2.75) is 18.7 Å². The van der Waals surface area contributed by atoms with Gasteiger partial charge in [0.15, 0.2) is 0 Å². The first kappa shape index (κ1) is 17.0. The fourth-order valence-corrected chi connectivity index (χ4v) is 4.60. The number of ether oxygens (including phenoxy) is 1. The molecular weight excluding hydrogens is 468 g/mol. The summed E-state index contributed by atoms with van der Waals surface area (Å²) >= 11 is 7.28. The highest BCUT2D eigenvalue weighted by Crippen LogP contribution is 2.49. The number of halogens is 2. The molecule has 0 amide bonds. The van der Waals surface area contributed by atoms with Gasteiger partial charge in [0.05, 0.1) is 11.8 Å². The summed E-state index contributed by atoms with van der Waals surface area (Å²) in [5, 5.41) is 7.10. The minimum absolute atomic E-state index is 0.151. The van der Waals surface area contributed by atoms with Gasteiger partial charge in [0.25, 0.3) is 0 Å². The average Bonchev–Trinajstić information content (AvgIpc) is 3.15. The molecule has 0 bridgehead atoms. The van der Waals surface area contributed by atoms with Crippen LogP contribution in [0.15, 0.2) is 86.8 Å². The number of hydrazone groups is 1. The Morgan fingerprint density at radius 2 is 1.67 bits per heavy atom. The molecule has 2 aliphatic heterocycles. The SMILES string of the molecule is Brc1ccc2c(c1)[C@H]1CC(c3ccccc3)=NN1[C@@H](c1ccccc1Br)O2. The molecule has 0 saturated heterocycles. The van der Waals surface area contributed by atoms with E-state index < -0.39 is 0 Å². The van der Waals surface area contributed by atoms with Crippen LogP contribution in [-0.2, 0) is 0 Å². The molecule has 0 radical (unpaired) electrons. The fraction of sp³-hybridized carbons (Fsp3) is 0.136. The quantitative estimate of drug-likeness (QED) is 0.418. The molecule has 0 saturated carbocycles. The number of hydrogen-bond acceptors (Lipinski definition) is 3. The smallest absolute Gasteiger partial charge is 0.214 e. The van der Waals surface area contributed by atoms with E-state index in [0.29, 0.717) is 0 Å². The van der Waals surface area contributed by atoms with E-state index in [1.54, 1.807) is 0 Å². The molecule has 0 unspecified atom stereocenters. The molecule has 27 heavy (non-hydrogen) atoms. The third-order valence-corrected chi connectivity index (χ3v) is 6.25. The Morgan fingerprint density at radius 1 is 0.889 bits per heavy atom. The van der Waals surface area contributed by atoms with Crippen LogP contribution in [0.3, 0.4) is 0 Å². The number of nitrogens with zero attached hydrogens (tertiary/aromatic N) is 2. The van der Waals surface area contributed by atoms with Gasteiger partial charge in [-0.05, 0) is 29.8 Å². The van der Waals surface area contributed by atoms with Crippen molar-refractivity contribution in [3.8, 4) is 5.75 Å². The summed E-state index contributed by atoms with van der Waals surface area (Å²) in [7, 11) is 0. The third-order valence-electron chi connectivity index (χ3n) is 5.03. The van der Waals surface area contributed by atoms with E-state index in [9.17, 15) is 0 Å². The Balaban J connectivity index is 1.64. The van der Waals surface area contributed by atoms with Gasteiger partial charge in [0, 0.05) is 26.5 Å². The van der Waals surface area contributed by atoms with Gasteiger partial charge in [-0.15, -0.1) is 0 Å². The van der Waals surface area contributed by atoms with E-state index in [2.05, 4.69) is 73.3 Å². The predicted octanol–water partition coefficient (Wildman–Crippen LogP) is 6.45. The van der Waals surface area contributed by atoms with Gasteiger partial charge in [-0.3, -0.25) is 0 Å². The summed E-state index contributed by atoms with van der Waals surface area (Å²) in [5.41, 5.74) is 4.50. The lowest BCUT2D eigenvalue weighted by atomic mass is 9.96. The van der Waals surface area contributed by atoms with Crippen molar-refractivity contribution in [3.05, 3.63) is 98.4 Å². The zero-order chi connectivity index (χ0) is 18.4. The van der Waals surface area contributed by atoms with Crippen LogP contribution in [0.25, 0.3) is 0 Å². The summed E-state index contributed by atoms with van der Waals surface area (Å²) in [5.74, 6) is 0.921. The monoisotopic (exact) mass is 482 g/mol. The van der Waals surface area contributed by atoms with E-state index >= 15 is 0 Å². The number of hydrogen-bond donors (Lipinski definition) is 0. The van der Waals surface area contributed by atoms with E-state index in [-0.39, 0.29) is 12.3 Å². The Hall–Kier alpha value is -2.11. The highest BCUT2D eigenvalue weighted by atomic mass is 79.9. The second-order valence-electron chi connectivity index (χ2n) is 6.69. The first-order valence-electron chi connectivity index (χ1n) is 8.82. The lowest BCUT2D eigenvalue weighted by Gasteiger charge is -2.38. The highest BCUT2D eigenvalue weighted by Gasteiger charge is 2.41. The Bertz CT molecular complexity index is 1040. The van der Waals surface area contributed by atoms with Gasteiger partial charge in [-0.1, -0.05) is 80.4 Å². The van der Waals surface area contributed by atoms with Crippen molar-refractivity contribution in [1.29, 1.82) is 0 Å². The molecule has 0 aromatic heterocycles. The predicted molar refractivity (Wildman–Crippen MR) is 114 cm³/mol. The van der Waals surface area contributed by atoms with Crippen molar-refractivity contribution in [2.75, 3.05) is 0 Å². The van der Waals surface area contributed by atoms with Crippen LogP contribution in [0.4, 0.5) is 0 Å². The molecule has 2 atom stereocenters. The average molecular weight is 484 g/mol. The Morgan fingerprint density at radius 3 is 2.48 bits per heavy atom. The molecule has 3 aromatic carbocycles. The van der Waals surface area contributed by atoms with Gasteiger partial charge < -0.3 is 4.74 Å². The first-order chi connectivity index (χ1) is 13.2. The fourth-order valence-electron chi connectivity index (χ4n) is 3.74. The van der Waals surface area contributed by atoms with Crippen LogP contribution in [-0.4, -0.2) is 10.7 Å². The summed E-state index contributed by atoms with van der Waals surface area (Å²) < 4.78 is 8.50. The molecule has 134 valence electrons. The Kier molecular flexibility index (Phi) is 4.29. The normalized spacial score (nSPS) is 20.5. The molecule has 0 aliphatic carbocycles. The van der Waals surface area contributed by atoms with Crippen LogP contribution >= 0.6 is 31.9 Å². The lowest BCUT2D eigenvalue weighted by Crippen LogP contribution is -2.33. The largest absolute Gasteiger partial charge is 0.464 e. The molecule has 0 fully saturated rings. The van der Waals surface area contributed by atoms with Crippen LogP contribution in [0.2, 0.25) is 0 Å². The molecule has 5 heteroatoms. The molecule has 3 aromatic rings. The van der Waals surface area contributed by atoms with Gasteiger partial charge in [0.1, 0.15) is 5.75 Å². The summed E-state index contributed by atoms with van der Waals surface area (Å²) in [6.07, 6.45) is 0.595. The molecule has 5 rings (SSSR count). The van der Waals surface area contributed by atoms with E-state index in [4.69, 9.17) is 9.84 Å². The van der Waals surface area contributed by atoms with Crippen molar-refractivity contribution in [2.24, 2.45) is 5.10 Å². The molecule has 0 N–H and O–H groups in total. The number of benzene rings is 3. The minimum atomic E-state index is -0.263. The van der Waals surface area contributed by atoms with Gasteiger partial charge >= 0.3 is 0 Å². The van der Waals surface area contributed by atoms with Crippen molar-refractivity contribution < 1.29 is 4.74 Å². The van der Waals surface area contributed by atoms with Crippen molar-refractivity contribution in [1.82, 2.24) is 5.01 Å². The van der Waals surface area contributed by atoms with Gasteiger partial charge in [0.2, 0.25) is 6.23 Å². The third kappa shape index (κ3) is 2.99. The number of rotatable bonds is 2. The Labute approximate surface area is 174 Å². The highest BCUT2D eigenvalue weighted by molar-refractivity contribution is 9.10. The van der Waals surface area contributed by atoms with Gasteiger partial charge in [-0.25, -0.2) is 5.01 Å². The second kappa shape index (κ2) is 6.80. The second-order valence-corrected chi connectivity index (χ2v) is 8.46. The number of fused-ring (bicyclic) bond motifs is 3. The summed E-state index contributed by atoms with van der Waals surface area (Å²) in [6, 6.07) is 24.9. The maximum absolute atomic E-state index is 6.42. The van der Waals surface area contributed by atoms with Crippen molar-refractivity contribution >= 4 is 37.6 Å². The molecule has 3 nitrogen and oxygen atoms in total. The van der Waals surface area contributed by atoms with Crippen LogP contribution < -0.4 is 4.74 Å². The van der Waals surface area contributed by atoms with Crippen LogP contribution in [0, 0.1) is 0 Å². The topological polar surface area (TPSA) is 24.8 Å². The zero-order valence-corrected chi connectivity index (χ0v) is 17.5. The van der Waals surface area contributed by atoms with Crippen molar-refractivity contribution in [3.63, 3.8) is 0 Å². The van der Waals surface area contributed by atoms with Crippen LogP contribution in [0.1, 0.15) is 35.4 Å². The molecule has 0 spiro atoms. The zero-order valence-electron chi connectivity index (χ0n) is 14.3. The maximum Gasteiger partial charge on any atom is 0.214 e. The lowest BCUT2D eigenvalue weighted by molar-refractivity contribution is -0.0195. The summed E-state index contributed by atoms with van der Waals surface area (Å²) in [6.45, 7) is 0. The van der Waals surface area contributed by atoms with Gasteiger partial charge in [-0.2, -0.15) is 5.10 Å². The molecular formula is C22H16Br2N2O. The van der Waals surface area contributed by atoms with E-state index in [1.165, 1.54) is 5.56 Å². The standard InChI is InChI=1S/C22H16Br2N2O/c23-15-10-11-21-17(12-15)20-13-19(14-6-2-1-3-7-14)25-26(20)22(27-21)16-8-4-5-9-18(16)24/h1-12,20,22H,13H2/t20-,22-/m1/s1. The maximum atomic E-state index is 6.42. The molecule has 2 aliphatic rings. The molecule has 2 heterocycles. The minimum Gasteiger partial charge on any atom is -0.464 e. The van der Waals surface area contributed by atoms with Crippen LogP contribution in [0.5, 0.6) is 5.75 Å².